The van der Waals surface area contributed by atoms with Gasteiger partial charge in [0, 0.05) is 17.5 Å². The number of hydrogen-bond donors (Lipinski definition) is 2. The van der Waals surface area contributed by atoms with E-state index in [1.54, 1.807) is 19.9 Å². The molecule has 10 heteroatoms. The lowest BCUT2D eigenvalue weighted by atomic mass is 10.1. The average Bonchev–Trinajstić information content (AvgIpc) is 3.62. The van der Waals surface area contributed by atoms with Crippen LogP contribution in [0.25, 0.3) is 0 Å². The fraction of sp³-hybridized carbons (Fsp3) is 0.280. The van der Waals surface area contributed by atoms with Gasteiger partial charge in [0.2, 0.25) is 0 Å². The van der Waals surface area contributed by atoms with Gasteiger partial charge < -0.3 is 5.32 Å². The Balaban J connectivity index is 1.66. The van der Waals surface area contributed by atoms with Crippen LogP contribution in [-0.4, -0.2) is 21.6 Å². The summed E-state index contributed by atoms with van der Waals surface area (Å²) in [5.41, 5.74) is 0.704. The summed E-state index contributed by atoms with van der Waals surface area (Å²) in [4.78, 5) is 16.3. The standard InChI is InChI=1S/C25H23ClF3N3O2S/c1-14-6-9-19(20(26)10-14)25(28,29)13-32-24(33)18-11-15(2)31-12-22(18)35(30,34)21-5-3-4-17(23(21)27)16-7-8-16/h3-6,9-12,16,30H,7-8,13H2,1-2H3,(H,32,33). The molecule has 184 valence electrons. The van der Waals surface area contributed by atoms with Crippen molar-refractivity contribution in [3.8, 4) is 0 Å². The number of alkyl halides is 2. The molecule has 0 aliphatic heterocycles. The quantitative estimate of drug-likeness (QED) is 0.380. The predicted molar refractivity (Wildman–Crippen MR) is 127 cm³/mol. The Bertz CT molecular complexity index is 1420. The fourth-order valence-corrected chi connectivity index (χ4v) is 5.74. The van der Waals surface area contributed by atoms with Crippen LogP contribution in [0.15, 0.2) is 58.5 Å². The molecular formula is C25H23ClF3N3O2S. The first kappa shape index (κ1) is 25.2. The Kier molecular flexibility index (Phi) is 6.68. The van der Waals surface area contributed by atoms with Crippen molar-refractivity contribution in [1.82, 2.24) is 10.3 Å². The molecule has 1 heterocycles. The molecule has 3 aromatic rings. The lowest BCUT2D eigenvalue weighted by molar-refractivity contribution is -0.00240. The maximum atomic E-state index is 15.2. The van der Waals surface area contributed by atoms with E-state index in [4.69, 9.17) is 16.4 Å². The highest BCUT2D eigenvalue weighted by Crippen LogP contribution is 2.43. The van der Waals surface area contributed by atoms with Crippen LogP contribution >= 0.6 is 11.6 Å². The Hall–Kier alpha value is -2.91. The van der Waals surface area contributed by atoms with Gasteiger partial charge in [-0.05, 0) is 61.9 Å². The number of carbonyl (C=O) groups excluding carboxylic acids is 1. The van der Waals surface area contributed by atoms with Crippen LogP contribution in [0.4, 0.5) is 13.2 Å². The molecular weight excluding hydrogens is 499 g/mol. The number of hydrogen-bond acceptors (Lipinski definition) is 4. The number of nitrogens with one attached hydrogen (secondary N) is 2. The summed E-state index contributed by atoms with van der Waals surface area (Å²) < 4.78 is 67.0. The number of pyridine rings is 1. The predicted octanol–water partition coefficient (Wildman–Crippen LogP) is 6.35. The minimum atomic E-state index is -4.01. The highest BCUT2D eigenvalue weighted by atomic mass is 35.5. The summed E-state index contributed by atoms with van der Waals surface area (Å²) in [5, 5.41) is 2.01. The molecule has 2 aromatic carbocycles. The van der Waals surface area contributed by atoms with Gasteiger partial charge in [-0.15, -0.1) is 0 Å². The third-order valence-electron chi connectivity index (χ3n) is 5.87. The van der Waals surface area contributed by atoms with Crippen LogP contribution < -0.4 is 5.32 Å². The van der Waals surface area contributed by atoms with E-state index >= 15 is 4.39 Å². The van der Waals surface area contributed by atoms with Gasteiger partial charge >= 0.3 is 0 Å². The number of aryl methyl sites for hydroxylation is 2. The SMILES string of the molecule is Cc1ccc(C(F)(F)CNC(=O)c2cc(C)ncc2S(=N)(=O)c2cccc(C3CC3)c2F)c(Cl)c1. The zero-order chi connectivity index (χ0) is 25.5. The van der Waals surface area contributed by atoms with Crippen molar-refractivity contribution in [3.63, 3.8) is 0 Å². The molecule has 1 amide bonds. The van der Waals surface area contributed by atoms with Crippen LogP contribution in [0.3, 0.4) is 0 Å². The van der Waals surface area contributed by atoms with Crippen molar-refractivity contribution in [3.05, 3.63) is 87.4 Å². The number of halogens is 4. The topological polar surface area (TPSA) is 82.9 Å². The van der Waals surface area contributed by atoms with E-state index in [0.29, 0.717) is 16.8 Å². The first-order chi connectivity index (χ1) is 16.4. The molecule has 0 radical (unpaired) electrons. The largest absolute Gasteiger partial charge is 0.346 e. The lowest BCUT2D eigenvalue weighted by Gasteiger charge is -2.20. The molecule has 1 fully saturated rings. The summed E-state index contributed by atoms with van der Waals surface area (Å²) >= 11 is 5.97. The number of amides is 1. The Labute approximate surface area is 206 Å². The molecule has 0 bridgehead atoms. The molecule has 35 heavy (non-hydrogen) atoms. The van der Waals surface area contributed by atoms with Crippen molar-refractivity contribution in [2.24, 2.45) is 0 Å². The van der Waals surface area contributed by atoms with Crippen molar-refractivity contribution in [2.75, 3.05) is 6.54 Å². The number of rotatable bonds is 7. The van der Waals surface area contributed by atoms with Crippen LogP contribution in [-0.2, 0) is 15.7 Å². The minimum Gasteiger partial charge on any atom is -0.346 e. The molecule has 0 saturated heterocycles. The normalized spacial score (nSPS) is 15.5. The number of nitrogens with zero attached hydrogens (tertiary/aromatic N) is 1. The van der Waals surface area contributed by atoms with Gasteiger partial charge in [0.05, 0.1) is 26.9 Å². The molecule has 1 aromatic heterocycles. The number of aromatic nitrogens is 1. The summed E-state index contributed by atoms with van der Waals surface area (Å²) in [5.74, 6) is -5.20. The summed E-state index contributed by atoms with van der Waals surface area (Å²) in [6.45, 7) is 2.19. The lowest BCUT2D eigenvalue weighted by Crippen LogP contribution is -2.36. The molecule has 0 spiro atoms. The van der Waals surface area contributed by atoms with Gasteiger partial charge in [-0.1, -0.05) is 35.9 Å². The Morgan fingerprint density at radius 2 is 1.91 bits per heavy atom. The minimum absolute atomic E-state index is 0.0138. The number of carbonyl (C=O) groups is 1. The summed E-state index contributed by atoms with van der Waals surface area (Å²) in [6.07, 6.45) is 2.68. The van der Waals surface area contributed by atoms with Crippen molar-refractivity contribution in [1.29, 1.82) is 4.78 Å². The van der Waals surface area contributed by atoms with Gasteiger partial charge in [0.25, 0.3) is 11.8 Å². The van der Waals surface area contributed by atoms with Crippen LogP contribution in [0.5, 0.6) is 0 Å². The Morgan fingerprint density at radius 1 is 1.20 bits per heavy atom. The zero-order valence-electron chi connectivity index (χ0n) is 19.0. The van der Waals surface area contributed by atoms with Gasteiger partial charge in [-0.25, -0.2) is 13.4 Å². The van der Waals surface area contributed by atoms with Gasteiger partial charge in [-0.2, -0.15) is 8.78 Å². The summed E-state index contributed by atoms with van der Waals surface area (Å²) in [7, 11) is -4.01. The molecule has 4 rings (SSSR count). The highest BCUT2D eigenvalue weighted by Gasteiger charge is 2.35. The monoisotopic (exact) mass is 521 g/mol. The van der Waals surface area contributed by atoms with Gasteiger partial charge in [-0.3, -0.25) is 9.78 Å². The van der Waals surface area contributed by atoms with Crippen molar-refractivity contribution >= 4 is 27.2 Å². The van der Waals surface area contributed by atoms with Gasteiger partial charge in [0.1, 0.15) is 15.5 Å². The van der Waals surface area contributed by atoms with E-state index < -0.39 is 39.5 Å². The van der Waals surface area contributed by atoms with E-state index in [0.717, 1.165) is 19.0 Å². The smallest absolute Gasteiger partial charge is 0.291 e. The third kappa shape index (κ3) is 5.06. The highest BCUT2D eigenvalue weighted by molar-refractivity contribution is 7.92. The van der Waals surface area contributed by atoms with Crippen molar-refractivity contribution < 1.29 is 22.2 Å². The first-order valence-electron chi connectivity index (χ1n) is 10.9. The molecule has 1 aliphatic rings. The molecule has 1 aliphatic carbocycles. The second-order valence-corrected chi connectivity index (χ2v) is 11.1. The average molecular weight is 522 g/mol. The van der Waals surface area contributed by atoms with Crippen LogP contribution in [0.1, 0.15) is 51.5 Å². The maximum Gasteiger partial charge on any atom is 0.291 e. The summed E-state index contributed by atoms with van der Waals surface area (Å²) in [6, 6.07) is 9.68. The van der Waals surface area contributed by atoms with E-state index in [1.165, 1.54) is 36.4 Å². The Morgan fingerprint density at radius 3 is 2.57 bits per heavy atom. The van der Waals surface area contributed by atoms with E-state index in [-0.39, 0.29) is 26.3 Å². The van der Waals surface area contributed by atoms with E-state index in [2.05, 4.69) is 10.3 Å². The zero-order valence-corrected chi connectivity index (χ0v) is 20.6. The van der Waals surface area contributed by atoms with Crippen LogP contribution in [0, 0.1) is 24.4 Å². The van der Waals surface area contributed by atoms with Crippen molar-refractivity contribution in [2.45, 2.75) is 48.3 Å². The third-order valence-corrected chi connectivity index (χ3v) is 8.06. The van der Waals surface area contributed by atoms with E-state index in [9.17, 15) is 17.8 Å². The van der Waals surface area contributed by atoms with E-state index in [1.807, 2.05) is 0 Å². The second-order valence-electron chi connectivity index (χ2n) is 8.68. The maximum absolute atomic E-state index is 15.2. The fourth-order valence-electron chi connectivity index (χ4n) is 3.83. The molecule has 1 atom stereocenters. The molecule has 2 N–H and O–H groups in total. The molecule has 1 saturated carbocycles. The van der Waals surface area contributed by atoms with Crippen LogP contribution in [0.2, 0.25) is 5.02 Å². The first-order valence-corrected chi connectivity index (χ1v) is 12.8. The molecule has 5 nitrogen and oxygen atoms in total. The number of benzene rings is 2. The second kappa shape index (κ2) is 9.28. The van der Waals surface area contributed by atoms with Gasteiger partial charge in [0.15, 0.2) is 0 Å². The molecule has 1 unspecified atom stereocenters.